The Balaban J connectivity index is 0.985. The van der Waals surface area contributed by atoms with E-state index in [1.807, 2.05) is 212 Å². The van der Waals surface area contributed by atoms with Gasteiger partial charge in [-0.25, -0.2) is 0 Å². The van der Waals surface area contributed by atoms with Gasteiger partial charge in [0, 0.05) is 18.6 Å². The van der Waals surface area contributed by atoms with E-state index in [4.69, 9.17) is 75.0 Å². The highest BCUT2D eigenvalue weighted by atomic mass is 16.7. The lowest BCUT2D eigenvalue weighted by Gasteiger charge is -2.51. The Kier molecular flexibility index (Phi) is 22.0. The van der Waals surface area contributed by atoms with Crippen molar-refractivity contribution in [1.29, 1.82) is 0 Å². The normalized spacial score (nSPS) is 28.4. The quantitative estimate of drug-likeness (QED) is 0.0383. The van der Waals surface area contributed by atoms with Crippen LogP contribution in [-0.4, -0.2) is 105 Å². The number of rotatable bonds is 27. The molecular weight excluding hydrogens is 1040 g/mol. The summed E-state index contributed by atoms with van der Waals surface area (Å²) in [5.41, 5.74) is 35.4. The van der Waals surface area contributed by atoms with E-state index in [1.54, 1.807) is 0 Å². The highest BCUT2D eigenvalue weighted by Crippen LogP contribution is 2.37. The highest BCUT2D eigenvalue weighted by Gasteiger charge is 2.55. The number of nitrogens with two attached hydrogens (primary N) is 4. The van der Waals surface area contributed by atoms with Crippen LogP contribution in [0.15, 0.2) is 212 Å². The Morgan fingerprint density at radius 2 is 0.610 bits per heavy atom. The summed E-state index contributed by atoms with van der Waals surface area (Å²) in [5, 5.41) is 0. The molecule has 0 radical (unpaired) electrons. The minimum Gasteiger partial charge on any atom is -0.374 e. The number of benzene rings is 7. The van der Waals surface area contributed by atoms with E-state index in [-0.39, 0.29) is 59.2 Å². The van der Waals surface area contributed by atoms with Crippen molar-refractivity contribution in [3.8, 4) is 0 Å². The van der Waals surface area contributed by atoms with Crippen LogP contribution < -0.4 is 22.9 Å². The molecule has 2 aliphatic heterocycles. The summed E-state index contributed by atoms with van der Waals surface area (Å²) in [5.74, 6) is 0. The summed E-state index contributed by atoms with van der Waals surface area (Å²) in [4.78, 5) is 0. The highest BCUT2D eigenvalue weighted by molar-refractivity contribution is 5.19. The molecule has 0 aromatic heterocycles. The first kappa shape index (κ1) is 59.1. The lowest BCUT2D eigenvalue weighted by Crippen LogP contribution is -2.69. The van der Waals surface area contributed by atoms with Gasteiger partial charge in [-0.15, -0.1) is 0 Å². The minimum atomic E-state index is -1.11. The van der Waals surface area contributed by atoms with Crippen molar-refractivity contribution in [2.45, 2.75) is 144 Å². The summed E-state index contributed by atoms with van der Waals surface area (Å²) in [6.45, 7) is 1.91. The van der Waals surface area contributed by atoms with E-state index in [0.717, 1.165) is 38.9 Å². The van der Waals surface area contributed by atoms with Crippen LogP contribution in [0.5, 0.6) is 0 Å². The summed E-state index contributed by atoms with van der Waals surface area (Å²) in [6, 6.07) is 67.4. The van der Waals surface area contributed by atoms with Gasteiger partial charge in [-0.1, -0.05) is 212 Å². The molecule has 10 rings (SSSR count). The molecule has 1 saturated carbocycles. The zero-order valence-electron chi connectivity index (χ0n) is 46.2. The lowest BCUT2D eigenvalue weighted by molar-refractivity contribution is -0.351. The molecule has 432 valence electrons. The van der Waals surface area contributed by atoms with Crippen LogP contribution in [-0.2, 0) is 98.4 Å². The van der Waals surface area contributed by atoms with Crippen molar-refractivity contribution in [3.63, 3.8) is 0 Å². The monoisotopic (exact) mass is 1110 g/mol. The number of hydrogen-bond donors (Lipinski definition) is 4. The Morgan fingerprint density at radius 1 is 0.317 bits per heavy atom. The summed E-state index contributed by atoms with van der Waals surface area (Å²) in [6.07, 6.45) is -10.0. The molecule has 1 aliphatic carbocycles. The fourth-order valence-electron chi connectivity index (χ4n) is 10.9. The van der Waals surface area contributed by atoms with Gasteiger partial charge in [-0.2, -0.15) is 0 Å². The van der Waals surface area contributed by atoms with E-state index in [2.05, 4.69) is 0 Å². The SMILES string of the molecule is NC[C@H]1OC(O[C@H]2[C@H](OCc3ccccc3)[C@@H](O[C@H]3O[C@H](COCc4ccccc4)[C@@H](OCc4ccccc4)[C@H](N)[C@H]3OCc3ccccc3)[C@H](N)C[C@@H]2N)[C@H](OCc2ccccc2)[C@@H](OCc2ccccc2)[C@@H]1OCc1ccccc1. The van der Waals surface area contributed by atoms with Gasteiger partial charge < -0.3 is 75.0 Å². The van der Waals surface area contributed by atoms with Crippen molar-refractivity contribution in [3.05, 3.63) is 251 Å². The first-order valence-electron chi connectivity index (χ1n) is 28.5. The average Bonchev–Trinajstić information content (AvgIpc) is 3.69. The third-order valence-electron chi connectivity index (χ3n) is 15.2. The first-order chi connectivity index (χ1) is 40.4. The van der Waals surface area contributed by atoms with Crippen LogP contribution in [0.25, 0.3) is 0 Å². The maximum atomic E-state index is 7.41. The summed E-state index contributed by atoms with van der Waals surface area (Å²) >= 11 is 0. The van der Waals surface area contributed by atoms with E-state index in [0.29, 0.717) is 6.61 Å². The molecule has 82 heavy (non-hydrogen) atoms. The van der Waals surface area contributed by atoms with Gasteiger partial charge >= 0.3 is 0 Å². The number of hydrogen-bond acceptors (Lipinski definition) is 15. The topological polar surface area (TPSA) is 206 Å². The molecule has 3 fully saturated rings. The fourth-order valence-corrected chi connectivity index (χ4v) is 10.9. The maximum absolute atomic E-state index is 7.41. The molecule has 15 atom stereocenters. The first-order valence-corrected chi connectivity index (χ1v) is 28.5. The third-order valence-corrected chi connectivity index (χ3v) is 15.2. The zero-order valence-corrected chi connectivity index (χ0v) is 46.2. The van der Waals surface area contributed by atoms with Crippen molar-refractivity contribution in [1.82, 2.24) is 0 Å². The van der Waals surface area contributed by atoms with Crippen molar-refractivity contribution < 1.29 is 52.1 Å². The molecule has 7 aromatic carbocycles. The van der Waals surface area contributed by atoms with Gasteiger partial charge in [0.05, 0.1) is 58.9 Å². The average molecular weight is 1120 g/mol. The van der Waals surface area contributed by atoms with Gasteiger partial charge in [0.25, 0.3) is 0 Å². The second kappa shape index (κ2) is 30.5. The second-order valence-electron chi connectivity index (χ2n) is 21.2. The summed E-state index contributed by atoms with van der Waals surface area (Å²) in [7, 11) is 0. The van der Waals surface area contributed by atoms with Crippen LogP contribution >= 0.6 is 0 Å². The molecule has 15 nitrogen and oxygen atoms in total. The van der Waals surface area contributed by atoms with Gasteiger partial charge in [0.1, 0.15) is 61.0 Å². The smallest absolute Gasteiger partial charge is 0.187 e. The van der Waals surface area contributed by atoms with E-state index in [1.165, 1.54) is 0 Å². The zero-order chi connectivity index (χ0) is 56.3. The molecular formula is C67H78N4O11. The van der Waals surface area contributed by atoms with E-state index < -0.39 is 91.7 Å². The predicted molar refractivity (Wildman–Crippen MR) is 311 cm³/mol. The molecule has 2 heterocycles. The van der Waals surface area contributed by atoms with Crippen molar-refractivity contribution in [2.75, 3.05) is 13.2 Å². The molecule has 8 N–H and O–H groups in total. The fraction of sp³-hybridized carbons (Fsp3) is 0.373. The Bertz CT molecular complexity index is 2870. The molecule has 0 amide bonds. The second-order valence-corrected chi connectivity index (χ2v) is 21.2. The molecule has 0 spiro atoms. The van der Waals surface area contributed by atoms with Crippen molar-refractivity contribution >= 4 is 0 Å². The standard InChI is InChI=1S/C67H78N4O11/c68-37-55-61(74-40-48-26-12-3-13-27-48)64(77-43-51-32-18-6-19-33-51)65(78-44-52-34-20-7-21-35-52)67(79-55)82-59-54(70)36-53(69)58(63(59)76-42-50-30-16-5-17-31-50)81-66-62(75-41-49-28-14-4-15-29-49)57(71)60(73-39-47-24-10-2-11-25-47)56(80-66)45-72-38-46-22-8-1-9-23-46/h1-35,53-67H,36-45,68-71H2/t53-,54+,55-,56-,57+,58+,59-,60-,61-,62-,63-,64+,65-,66-,67?/m1/s1. The van der Waals surface area contributed by atoms with Crippen LogP contribution in [0.1, 0.15) is 45.4 Å². The molecule has 0 bridgehead atoms. The molecule has 2 saturated heterocycles. The van der Waals surface area contributed by atoms with Crippen LogP contribution in [0.3, 0.4) is 0 Å². The van der Waals surface area contributed by atoms with Crippen molar-refractivity contribution in [2.24, 2.45) is 22.9 Å². The van der Waals surface area contributed by atoms with E-state index >= 15 is 0 Å². The van der Waals surface area contributed by atoms with Crippen LogP contribution in [0.2, 0.25) is 0 Å². The summed E-state index contributed by atoms with van der Waals surface area (Å²) < 4.78 is 76.5. The Hall–Kier alpha value is -6.06. The largest absolute Gasteiger partial charge is 0.374 e. The van der Waals surface area contributed by atoms with Crippen LogP contribution in [0, 0.1) is 0 Å². The molecule has 1 unspecified atom stereocenters. The van der Waals surface area contributed by atoms with E-state index in [9.17, 15) is 0 Å². The minimum absolute atomic E-state index is 0.0765. The van der Waals surface area contributed by atoms with Gasteiger partial charge in [0.2, 0.25) is 0 Å². The predicted octanol–water partition coefficient (Wildman–Crippen LogP) is 8.28. The lowest BCUT2D eigenvalue weighted by atomic mass is 9.84. The Morgan fingerprint density at radius 3 is 0.988 bits per heavy atom. The van der Waals surface area contributed by atoms with Gasteiger partial charge in [0.15, 0.2) is 12.6 Å². The van der Waals surface area contributed by atoms with Crippen LogP contribution in [0.4, 0.5) is 0 Å². The molecule has 15 heteroatoms. The molecule has 7 aromatic rings. The Labute approximate surface area is 481 Å². The number of ether oxygens (including phenoxy) is 11. The maximum Gasteiger partial charge on any atom is 0.187 e. The third kappa shape index (κ3) is 16.2. The molecule has 3 aliphatic rings. The van der Waals surface area contributed by atoms with Gasteiger partial charge in [-0.3, -0.25) is 0 Å². The van der Waals surface area contributed by atoms with Gasteiger partial charge in [-0.05, 0) is 45.4 Å².